The first kappa shape index (κ1) is 65.1. The van der Waals surface area contributed by atoms with E-state index >= 15 is 0 Å². The summed E-state index contributed by atoms with van der Waals surface area (Å²) < 4.78 is 165. The molecule has 1 N–H and O–H groups in total. The molecule has 2 fully saturated rings. The van der Waals surface area contributed by atoms with Gasteiger partial charge >= 0.3 is 12.4 Å². The van der Waals surface area contributed by atoms with E-state index in [9.17, 15) is 61.5 Å². The number of nitrogens with zero attached hydrogens (tertiary/aromatic N) is 9. The Morgan fingerprint density at radius 2 is 1.08 bits per heavy atom. The van der Waals surface area contributed by atoms with Crippen LogP contribution in [-0.4, -0.2) is 109 Å². The van der Waals surface area contributed by atoms with E-state index in [1.54, 1.807) is 32.2 Å². The minimum absolute atomic E-state index is 0. The van der Waals surface area contributed by atoms with E-state index in [1.165, 1.54) is 49.8 Å². The summed E-state index contributed by atoms with van der Waals surface area (Å²) in [4.78, 5) is 55.2. The Kier molecular flexibility index (Phi) is 20.2. The van der Waals surface area contributed by atoms with Gasteiger partial charge in [-0.2, -0.15) is 30.6 Å². The maximum Gasteiger partial charge on any atom is 0.451 e. The number of aryl methyl sites for hydroxylation is 4. The highest BCUT2D eigenvalue weighted by Crippen LogP contribution is 2.38. The number of carbonyl (C=O) groups excluding carboxylic acids is 2. The van der Waals surface area contributed by atoms with Crippen LogP contribution in [0, 0.1) is 13.8 Å². The van der Waals surface area contributed by atoms with Gasteiger partial charge in [0.1, 0.15) is 39.6 Å². The molecule has 0 aromatic carbocycles. The highest BCUT2D eigenvalue weighted by atomic mass is 35.7. The van der Waals surface area contributed by atoms with Gasteiger partial charge in [-0.25, -0.2) is 55.5 Å². The third kappa shape index (κ3) is 15.0. The molecule has 2 aliphatic heterocycles. The van der Waals surface area contributed by atoms with Crippen molar-refractivity contribution in [3.8, 4) is 22.5 Å². The first-order valence-electron chi connectivity index (χ1n) is 24.8. The lowest BCUT2D eigenvalue weighted by Crippen LogP contribution is -2.44. The highest BCUT2D eigenvalue weighted by molar-refractivity contribution is 8.13. The van der Waals surface area contributed by atoms with Gasteiger partial charge in [-0.3, -0.25) is 19.6 Å². The zero-order chi connectivity index (χ0) is 60.5. The van der Waals surface area contributed by atoms with E-state index in [4.69, 9.17) is 42.7 Å². The van der Waals surface area contributed by atoms with Gasteiger partial charge in [0.05, 0.1) is 40.3 Å². The average Bonchev–Trinajstić information content (AvgIpc) is 2.57. The Morgan fingerprint density at radius 1 is 0.643 bits per heavy atom. The Bertz CT molecular complexity index is 3930. The molecule has 0 unspecified atom stereocenters. The van der Waals surface area contributed by atoms with Gasteiger partial charge in [0, 0.05) is 115 Å². The molecule has 8 aromatic heterocycles. The molecular weight excluding hydrogens is 1250 g/mol. The lowest BCUT2D eigenvalue weighted by Gasteiger charge is -2.25. The fourth-order valence-corrected chi connectivity index (χ4v) is 11.8. The van der Waals surface area contributed by atoms with Gasteiger partial charge < -0.3 is 14.2 Å². The number of ketones is 2. The Labute approximate surface area is 494 Å². The van der Waals surface area contributed by atoms with Crippen molar-refractivity contribution in [2.24, 2.45) is 0 Å². The number of hydrogen-bond acceptors (Lipinski definition) is 17. The number of nitrogens with one attached hydrogen (secondary N) is 1. The molecule has 6 atom stereocenters. The van der Waals surface area contributed by atoms with Crippen molar-refractivity contribution in [3.63, 3.8) is 0 Å². The molecule has 8 aromatic rings. The van der Waals surface area contributed by atoms with Crippen molar-refractivity contribution >= 4 is 98.9 Å². The Morgan fingerprint density at radius 3 is 1.50 bits per heavy atom. The third-order valence-electron chi connectivity index (χ3n) is 13.5. The standard InChI is InChI=1S/C26H22ClF4N5O4S.C19H20F4N4O.C7H3Cl2NO3S.ClH/c1-13-10-33-19(16-11-34-25(35-12-16)26(29,30)31)7-15(13)3-4-21(37)20-9-18(28)14(2)36(20)41(38,39)23-8-17-22(40-23)5-6-32-24(17)27;1-10-7-24-15(13-8-25-18(26-9-13)19(21,22)23)5-12(10)3-4-17(28)16-6-14(20)11(2)27-16;8-7-4-3-6(14(9,11)12)13-5(4)1-2-10-7;/h5-8,10-12,14,18,20H,3-4,9H2,1-2H3;5,7-9,11,14,16,27H,3-4,6H2,1-2H3;1-3H;1H/t14-,18+,20-;11-,14+,16-;;/m00../s1. The fraction of sp³-hybridized carbons (Fsp3) is 0.346. The molecule has 0 radical (unpaired) electrons. The van der Waals surface area contributed by atoms with Crippen LogP contribution in [0.5, 0.6) is 0 Å². The van der Waals surface area contributed by atoms with E-state index < -0.39 is 84.4 Å². The highest BCUT2D eigenvalue weighted by Gasteiger charge is 2.50. The van der Waals surface area contributed by atoms with Crippen LogP contribution in [0.2, 0.25) is 10.3 Å². The molecule has 10 rings (SSSR count). The lowest BCUT2D eigenvalue weighted by atomic mass is 9.99. The van der Waals surface area contributed by atoms with E-state index in [2.05, 4.69) is 45.2 Å². The van der Waals surface area contributed by atoms with E-state index in [0.717, 1.165) is 40.2 Å². The molecule has 2 aliphatic rings. The van der Waals surface area contributed by atoms with Crippen LogP contribution in [0.3, 0.4) is 0 Å². The summed E-state index contributed by atoms with van der Waals surface area (Å²) in [5.41, 5.74) is 4.91. The van der Waals surface area contributed by atoms with Crippen LogP contribution in [-0.2, 0) is 53.9 Å². The number of sulfonamides is 1. The molecule has 10 heterocycles. The maximum atomic E-state index is 14.9. The van der Waals surface area contributed by atoms with Crippen LogP contribution in [0.4, 0.5) is 35.1 Å². The quantitative estimate of drug-likeness (QED) is 0.0640. The molecule has 32 heteroatoms. The molecule has 448 valence electrons. The Balaban J connectivity index is 0.000000202. The predicted octanol–water partition coefficient (Wildman–Crippen LogP) is 11.6. The summed E-state index contributed by atoms with van der Waals surface area (Å²) in [7, 11) is -3.19. The number of fused-ring (bicyclic) bond motifs is 2. The van der Waals surface area contributed by atoms with Crippen molar-refractivity contribution in [3.05, 3.63) is 130 Å². The van der Waals surface area contributed by atoms with E-state index in [0.29, 0.717) is 45.5 Å². The minimum atomic E-state index is -4.68. The van der Waals surface area contributed by atoms with Crippen LogP contribution in [0.15, 0.2) is 105 Å². The van der Waals surface area contributed by atoms with Crippen LogP contribution in [0.25, 0.3) is 44.5 Å². The SMILES string of the molecule is Cc1cnc(-c2cnc(C(F)(F)F)nc2)cc1CCC(=O)[C@@H]1C[C@@H](F)[C@H](C)N1.Cc1cnc(-c2cnc(C(F)(F)F)nc2)cc1CCC(=O)[C@@H]1C[C@@H](F)[C@H](C)N1S(=O)(=O)c1cc2c(Cl)nccc2o1.Cl.O=S(=O)(Cl)c1cc2c(Cl)nccc2o1. The summed E-state index contributed by atoms with van der Waals surface area (Å²) in [6, 6.07) is 5.52. The summed E-state index contributed by atoms with van der Waals surface area (Å²) in [6.45, 7) is 6.68. The van der Waals surface area contributed by atoms with Crippen molar-refractivity contribution in [1.82, 2.24) is 49.5 Å². The molecule has 0 spiro atoms. The number of carbonyl (C=O) groups is 2. The number of alkyl halides is 8. The number of pyridine rings is 4. The Hall–Kier alpha value is -6.40. The summed E-state index contributed by atoms with van der Waals surface area (Å²) in [5.74, 6) is -3.04. The molecule has 2 saturated heterocycles. The van der Waals surface area contributed by atoms with Gasteiger partial charge in [-0.15, -0.1) is 12.4 Å². The normalized spacial score (nSPS) is 19.3. The first-order valence-corrected chi connectivity index (χ1v) is 29.3. The number of furan rings is 2. The zero-order valence-electron chi connectivity index (χ0n) is 44.0. The van der Waals surface area contributed by atoms with Gasteiger partial charge in [0.2, 0.25) is 21.8 Å². The number of Topliss-reactive ketones (excluding diaryl/α,β-unsaturated/α-hetero) is 2. The summed E-state index contributed by atoms with van der Waals surface area (Å²) in [6.07, 6.45) is -1.28. The second-order valence-electron chi connectivity index (χ2n) is 19.2. The number of halogens is 12. The first-order chi connectivity index (χ1) is 38.9. The van der Waals surface area contributed by atoms with Crippen molar-refractivity contribution in [2.75, 3.05) is 0 Å². The minimum Gasteiger partial charge on any atom is -0.443 e. The molecule has 0 bridgehead atoms. The van der Waals surface area contributed by atoms with Gasteiger partial charge in [0.25, 0.3) is 19.1 Å². The second-order valence-corrected chi connectivity index (χ2v) is 24.2. The predicted molar refractivity (Wildman–Crippen MR) is 293 cm³/mol. The average molecular weight is 1300 g/mol. The largest absolute Gasteiger partial charge is 0.451 e. The molecule has 18 nitrogen and oxygen atoms in total. The maximum absolute atomic E-state index is 14.9. The van der Waals surface area contributed by atoms with Crippen molar-refractivity contribution in [1.29, 1.82) is 0 Å². The molecule has 0 aliphatic carbocycles. The molecule has 0 amide bonds. The van der Waals surface area contributed by atoms with Gasteiger partial charge in [-0.05, 0) is 87.1 Å². The monoisotopic (exact) mass is 1290 g/mol. The number of aromatic nitrogens is 8. The molecule has 0 saturated carbocycles. The second kappa shape index (κ2) is 26.1. The fourth-order valence-electron chi connectivity index (χ4n) is 8.98. The van der Waals surface area contributed by atoms with Crippen LogP contribution < -0.4 is 5.32 Å². The van der Waals surface area contributed by atoms with E-state index in [1.807, 2.05) is 6.92 Å². The summed E-state index contributed by atoms with van der Waals surface area (Å²) in [5, 5.41) is 3.06. The van der Waals surface area contributed by atoms with Crippen LogP contribution in [0.1, 0.15) is 73.4 Å². The van der Waals surface area contributed by atoms with Gasteiger partial charge in [0.15, 0.2) is 5.78 Å². The van der Waals surface area contributed by atoms with Crippen LogP contribution >= 0.6 is 46.3 Å². The van der Waals surface area contributed by atoms with Crippen molar-refractivity contribution in [2.45, 2.75) is 125 Å². The topological polar surface area (TPSA) is 247 Å². The zero-order valence-corrected chi connectivity index (χ0v) is 48.7. The molecular formula is C52H46Cl4F8N10O8S2. The van der Waals surface area contributed by atoms with E-state index in [-0.39, 0.29) is 88.3 Å². The number of rotatable bonds is 13. The summed E-state index contributed by atoms with van der Waals surface area (Å²) >= 11 is 11.8. The van der Waals surface area contributed by atoms with Crippen molar-refractivity contribution < 1.29 is 70.4 Å². The lowest BCUT2D eigenvalue weighted by molar-refractivity contribution is -0.145. The van der Waals surface area contributed by atoms with Gasteiger partial charge in [-0.1, -0.05) is 23.2 Å². The third-order valence-corrected chi connectivity index (χ3v) is 17.1. The molecule has 84 heavy (non-hydrogen) atoms. The number of hydrogen-bond donors (Lipinski definition) is 1. The smallest absolute Gasteiger partial charge is 0.443 e.